The molecule has 0 aromatic carbocycles. The molecule has 0 spiro atoms. The lowest BCUT2D eigenvalue weighted by Crippen LogP contribution is -2.59. The number of imidazole rings is 1. The van der Waals surface area contributed by atoms with Crippen molar-refractivity contribution in [3.63, 3.8) is 0 Å². The second-order valence-electron chi connectivity index (χ2n) is 8.66. The molecule has 5 unspecified atom stereocenters. The van der Waals surface area contributed by atoms with Crippen molar-refractivity contribution in [2.24, 2.45) is 17.4 Å². The van der Waals surface area contributed by atoms with E-state index in [2.05, 4.69) is 25.9 Å². The molecule has 10 N–H and O–H groups in total. The topological polar surface area (TPSA) is 260 Å². The molecule has 0 aliphatic rings. The Hall–Kier alpha value is -4.01. The normalized spacial score (nSPS) is 14.9. The molecular formula is C22H35N7O8. The van der Waals surface area contributed by atoms with Crippen LogP contribution in [0, 0.1) is 5.92 Å². The quantitative estimate of drug-likeness (QED) is 0.111. The van der Waals surface area contributed by atoms with E-state index in [9.17, 15) is 33.9 Å². The molecule has 0 bridgehead atoms. The van der Waals surface area contributed by atoms with Gasteiger partial charge in [0.15, 0.2) is 0 Å². The van der Waals surface area contributed by atoms with Gasteiger partial charge in [-0.2, -0.15) is 0 Å². The highest BCUT2D eigenvalue weighted by molar-refractivity contribution is 5.94. The number of rotatable bonds is 17. The van der Waals surface area contributed by atoms with Crippen molar-refractivity contribution in [1.29, 1.82) is 0 Å². The molecule has 0 radical (unpaired) electrons. The number of carboxylic acid groups (broad SMARTS) is 2. The zero-order valence-corrected chi connectivity index (χ0v) is 20.7. The van der Waals surface area contributed by atoms with E-state index >= 15 is 0 Å². The van der Waals surface area contributed by atoms with Gasteiger partial charge >= 0.3 is 11.9 Å². The van der Waals surface area contributed by atoms with E-state index in [0.29, 0.717) is 12.1 Å². The number of nitrogens with two attached hydrogens (primary N) is 2. The van der Waals surface area contributed by atoms with Crippen LogP contribution in [0.3, 0.4) is 0 Å². The van der Waals surface area contributed by atoms with Gasteiger partial charge in [0.05, 0.1) is 12.4 Å². The third-order valence-corrected chi connectivity index (χ3v) is 5.71. The first-order valence-corrected chi connectivity index (χ1v) is 11.7. The van der Waals surface area contributed by atoms with Gasteiger partial charge in [0.2, 0.25) is 23.6 Å². The standard InChI is InChI=1S/C22H35N7O8/c1-3-11(2)18(21(35)28-15(22(36)37)8-12-9-25-10-26-12)29-20(34)14(5-7-17(31)32)27-19(33)13(23)4-6-16(24)30/h9-11,13-15,18H,3-8,23H2,1-2H3,(H2,24,30)(H,25,26)(H,27,33)(H,28,35)(H,29,34)(H,31,32)(H,36,37). The lowest BCUT2D eigenvalue weighted by molar-refractivity contribution is -0.142. The number of aromatic amines is 1. The highest BCUT2D eigenvalue weighted by Gasteiger charge is 2.33. The lowest BCUT2D eigenvalue weighted by atomic mass is 9.96. The van der Waals surface area contributed by atoms with E-state index < -0.39 is 72.1 Å². The van der Waals surface area contributed by atoms with E-state index in [-0.39, 0.29) is 25.7 Å². The van der Waals surface area contributed by atoms with Crippen molar-refractivity contribution < 1.29 is 39.0 Å². The predicted molar refractivity (Wildman–Crippen MR) is 128 cm³/mol. The van der Waals surface area contributed by atoms with Crippen LogP contribution < -0.4 is 27.4 Å². The summed E-state index contributed by atoms with van der Waals surface area (Å²) in [7, 11) is 0. The maximum absolute atomic E-state index is 13.0. The molecule has 0 saturated carbocycles. The molecule has 0 aliphatic carbocycles. The highest BCUT2D eigenvalue weighted by Crippen LogP contribution is 2.11. The van der Waals surface area contributed by atoms with E-state index in [4.69, 9.17) is 16.6 Å². The fraction of sp³-hybridized carbons (Fsp3) is 0.591. The van der Waals surface area contributed by atoms with Crippen molar-refractivity contribution in [2.75, 3.05) is 0 Å². The van der Waals surface area contributed by atoms with Gasteiger partial charge in [-0.3, -0.25) is 24.0 Å². The molecule has 15 heteroatoms. The largest absolute Gasteiger partial charge is 0.481 e. The molecule has 4 amide bonds. The number of hydrogen-bond acceptors (Lipinski definition) is 8. The van der Waals surface area contributed by atoms with Crippen molar-refractivity contribution in [1.82, 2.24) is 25.9 Å². The van der Waals surface area contributed by atoms with Crippen molar-refractivity contribution in [3.05, 3.63) is 18.2 Å². The Kier molecular flexibility index (Phi) is 12.7. The van der Waals surface area contributed by atoms with Crippen LogP contribution in [0.15, 0.2) is 12.5 Å². The van der Waals surface area contributed by atoms with Gasteiger partial charge in [0, 0.05) is 31.2 Å². The molecule has 1 heterocycles. The average Bonchev–Trinajstić information content (AvgIpc) is 3.35. The van der Waals surface area contributed by atoms with Gasteiger partial charge in [-0.05, 0) is 18.8 Å². The molecule has 15 nitrogen and oxygen atoms in total. The third kappa shape index (κ3) is 11.1. The third-order valence-electron chi connectivity index (χ3n) is 5.71. The summed E-state index contributed by atoms with van der Waals surface area (Å²) in [6, 6.07) is -5.04. The number of H-pyrrole nitrogens is 1. The predicted octanol–water partition coefficient (Wildman–Crippen LogP) is -2.01. The van der Waals surface area contributed by atoms with Crippen LogP contribution in [-0.2, 0) is 35.2 Å². The average molecular weight is 526 g/mol. The first-order valence-electron chi connectivity index (χ1n) is 11.7. The Morgan fingerprint density at radius 1 is 0.973 bits per heavy atom. The summed E-state index contributed by atoms with van der Waals surface area (Å²) in [5.74, 6) is -6.05. The number of aliphatic carboxylic acids is 2. The molecular weight excluding hydrogens is 490 g/mol. The number of primary amides is 1. The summed E-state index contributed by atoms with van der Waals surface area (Å²) in [4.78, 5) is 78.8. The van der Waals surface area contributed by atoms with Crippen LogP contribution >= 0.6 is 0 Å². The van der Waals surface area contributed by atoms with E-state index in [1.54, 1.807) is 13.8 Å². The SMILES string of the molecule is CCC(C)C(NC(=O)C(CCC(=O)O)NC(=O)C(N)CCC(N)=O)C(=O)NC(Cc1cnc[nH]1)C(=O)O. The van der Waals surface area contributed by atoms with E-state index in [1.165, 1.54) is 12.5 Å². The van der Waals surface area contributed by atoms with Crippen LogP contribution in [0.4, 0.5) is 0 Å². The van der Waals surface area contributed by atoms with Crippen LogP contribution in [0.1, 0.15) is 51.6 Å². The van der Waals surface area contributed by atoms with Crippen LogP contribution in [0.25, 0.3) is 0 Å². The lowest BCUT2D eigenvalue weighted by Gasteiger charge is -2.28. The number of carbonyl (C=O) groups is 6. The number of amides is 4. The maximum atomic E-state index is 13.0. The Morgan fingerprint density at radius 3 is 2.14 bits per heavy atom. The van der Waals surface area contributed by atoms with E-state index in [1.807, 2.05) is 0 Å². The summed E-state index contributed by atoms with van der Waals surface area (Å²) in [6.45, 7) is 3.43. The van der Waals surface area contributed by atoms with Crippen molar-refractivity contribution in [3.8, 4) is 0 Å². The minimum Gasteiger partial charge on any atom is -0.481 e. The molecule has 0 saturated heterocycles. The van der Waals surface area contributed by atoms with Crippen LogP contribution in [0.5, 0.6) is 0 Å². The summed E-state index contributed by atoms with van der Waals surface area (Å²) < 4.78 is 0. The monoisotopic (exact) mass is 525 g/mol. The smallest absolute Gasteiger partial charge is 0.326 e. The molecule has 1 aromatic rings. The molecule has 1 rings (SSSR count). The van der Waals surface area contributed by atoms with Crippen LogP contribution in [0.2, 0.25) is 0 Å². The van der Waals surface area contributed by atoms with Crippen LogP contribution in [-0.4, -0.2) is 79.9 Å². The summed E-state index contributed by atoms with van der Waals surface area (Å²) in [5.41, 5.74) is 11.3. The van der Waals surface area contributed by atoms with Gasteiger partial charge in [-0.15, -0.1) is 0 Å². The second-order valence-corrected chi connectivity index (χ2v) is 8.66. The molecule has 37 heavy (non-hydrogen) atoms. The number of nitrogens with one attached hydrogen (secondary N) is 4. The first-order chi connectivity index (χ1) is 17.3. The molecule has 1 aromatic heterocycles. The number of hydrogen-bond donors (Lipinski definition) is 8. The Labute approximate surface area is 213 Å². The summed E-state index contributed by atoms with van der Waals surface area (Å²) in [6.07, 6.45) is 2.11. The second kappa shape index (κ2) is 15.2. The minimum atomic E-state index is -1.36. The Morgan fingerprint density at radius 2 is 1.62 bits per heavy atom. The number of nitrogens with zero attached hydrogens (tertiary/aromatic N) is 1. The summed E-state index contributed by atoms with van der Waals surface area (Å²) >= 11 is 0. The zero-order chi connectivity index (χ0) is 28.1. The Balaban J connectivity index is 3.01. The van der Waals surface area contributed by atoms with Crippen molar-refractivity contribution >= 4 is 35.6 Å². The fourth-order valence-corrected chi connectivity index (χ4v) is 3.28. The maximum Gasteiger partial charge on any atom is 0.326 e. The van der Waals surface area contributed by atoms with Gasteiger partial charge in [-0.25, -0.2) is 9.78 Å². The molecule has 0 fully saturated rings. The highest BCUT2D eigenvalue weighted by atomic mass is 16.4. The summed E-state index contributed by atoms with van der Waals surface area (Å²) in [5, 5.41) is 25.8. The van der Waals surface area contributed by atoms with Gasteiger partial charge < -0.3 is 42.6 Å². The zero-order valence-electron chi connectivity index (χ0n) is 20.7. The van der Waals surface area contributed by atoms with Gasteiger partial charge in [0.1, 0.15) is 18.1 Å². The minimum absolute atomic E-state index is 0.0806. The number of aromatic nitrogens is 2. The first kappa shape index (κ1) is 31.0. The van der Waals surface area contributed by atoms with E-state index in [0.717, 1.165) is 0 Å². The molecule has 206 valence electrons. The molecule has 0 aliphatic heterocycles. The number of carboxylic acids is 2. The van der Waals surface area contributed by atoms with Gasteiger partial charge in [0.25, 0.3) is 0 Å². The van der Waals surface area contributed by atoms with Gasteiger partial charge in [-0.1, -0.05) is 20.3 Å². The Bertz CT molecular complexity index is 953. The van der Waals surface area contributed by atoms with Crippen molar-refractivity contribution in [2.45, 2.75) is 76.5 Å². The fourth-order valence-electron chi connectivity index (χ4n) is 3.28. The number of carbonyl (C=O) groups excluding carboxylic acids is 4. The molecule has 5 atom stereocenters.